The van der Waals surface area contributed by atoms with Crippen molar-refractivity contribution in [2.75, 3.05) is 11.1 Å². The molecule has 0 aliphatic heterocycles. The highest BCUT2D eigenvalue weighted by Gasteiger charge is 2.29. The molecule has 0 radical (unpaired) electrons. The maximum absolute atomic E-state index is 12.5. The summed E-state index contributed by atoms with van der Waals surface area (Å²) in [5.41, 5.74) is 7.38. The number of hydrogen-bond acceptors (Lipinski definition) is 5. The number of rotatable bonds is 4. The SMILES string of the molecule is CC1(C)CCCC(Oc2nccc3cc(NC(=O)c4ncccc4N)ccc23)C1. The first kappa shape index (κ1) is 19.2. The van der Waals surface area contributed by atoms with E-state index in [2.05, 4.69) is 29.1 Å². The predicted octanol–water partition coefficient (Wildman–Crippen LogP) is 4.81. The van der Waals surface area contributed by atoms with Gasteiger partial charge in [-0.2, -0.15) is 0 Å². The van der Waals surface area contributed by atoms with Gasteiger partial charge in [0.15, 0.2) is 5.69 Å². The van der Waals surface area contributed by atoms with Crippen LogP contribution in [0.5, 0.6) is 5.88 Å². The van der Waals surface area contributed by atoms with Crippen molar-refractivity contribution in [2.45, 2.75) is 45.6 Å². The Morgan fingerprint density at radius 2 is 2.07 bits per heavy atom. The Morgan fingerprint density at radius 3 is 2.86 bits per heavy atom. The zero-order chi connectivity index (χ0) is 20.4. The molecule has 1 atom stereocenters. The van der Waals surface area contributed by atoms with Gasteiger partial charge in [0.05, 0.1) is 5.69 Å². The second kappa shape index (κ2) is 7.70. The summed E-state index contributed by atoms with van der Waals surface area (Å²) in [7, 11) is 0. The summed E-state index contributed by atoms with van der Waals surface area (Å²) >= 11 is 0. The van der Waals surface area contributed by atoms with Crippen molar-refractivity contribution in [2.24, 2.45) is 5.41 Å². The number of ether oxygens (including phenoxy) is 1. The molecule has 6 heteroatoms. The zero-order valence-electron chi connectivity index (χ0n) is 16.8. The highest BCUT2D eigenvalue weighted by Crippen LogP contribution is 2.37. The number of carbonyl (C=O) groups excluding carboxylic acids is 1. The van der Waals surface area contributed by atoms with Crippen molar-refractivity contribution in [3.8, 4) is 5.88 Å². The van der Waals surface area contributed by atoms with Crippen LogP contribution >= 0.6 is 0 Å². The maximum Gasteiger partial charge on any atom is 0.276 e. The number of nitrogens with zero attached hydrogens (tertiary/aromatic N) is 2. The van der Waals surface area contributed by atoms with Gasteiger partial charge >= 0.3 is 0 Å². The molecule has 29 heavy (non-hydrogen) atoms. The summed E-state index contributed by atoms with van der Waals surface area (Å²) in [6.07, 6.45) is 7.98. The summed E-state index contributed by atoms with van der Waals surface area (Å²) in [5.74, 6) is 0.314. The van der Waals surface area contributed by atoms with Crippen LogP contribution < -0.4 is 15.8 Å². The Labute approximate surface area is 170 Å². The minimum absolute atomic E-state index is 0.184. The van der Waals surface area contributed by atoms with Crippen LogP contribution in [0.2, 0.25) is 0 Å². The highest BCUT2D eigenvalue weighted by atomic mass is 16.5. The van der Waals surface area contributed by atoms with Gasteiger partial charge in [0.25, 0.3) is 5.91 Å². The molecular weight excluding hydrogens is 364 g/mol. The lowest BCUT2D eigenvalue weighted by Gasteiger charge is -2.35. The van der Waals surface area contributed by atoms with Gasteiger partial charge in [-0.25, -0.2) is 9.97 Å². The third kappa shape index (κ3) is 4.31. The van der Waals surface area contributed by atoms with Gasteiger partial charge in [-0.15, -0.1) is 0 Å². The van der Waals surface area contributed by atoms with E-state index in [1.807, 2.05) is 24.3 Å². The molecule has 1 fully saturated rings. The number of carbonyl (C=O) groups is 1. The molecular formula is C23H26N4O2. The number of hydrogen-bond donors (Lipinski definition) is 2. The lowest BCUT2D eigenvalue weighted by atomic mass is 9.76. The minimum Gasteiger partial charge on any atom is -0.474 e. The van der Waals surface area contributed by atoms with E-state index in [1.165, 1.54) is 12.8 Å². The van der Waals surface area contributed by atoms with E-state index in [0.717, 1.165) is 23.6 Å². The molecule has 0 saturated heterocycles. The minimum atomic E-state index is -0.336. The van der Waals surface area contributed by atoms with Crippen molar-refractivity contribution in [3.63, 3.8) is 0 Å². The zero-order valence-corrected chi connectivity index (χ0v) is 16.8. The number of anilines is 2. The largest absolute Gasteiger partial charge is 0.474 e. The average Bonchev–Trinajstić information content (AvgIpc) is 2.67. The molecule has 1 aliphatic rings. The Morgan fingerprint density at radius 1 is 1.21 bits per heavy atom. The molecule has 1 amide bonds. The average molecular weight is 390 g/mol. The van der Waals surface area contributed by atoms with E-state index in [0.29, 0.717) is 22.7 Å². The second-order valence-electron chi connectivity index (χ2n) is 8.45. The van der Waals surface area contributed by atoms with Crippen molar-refractivity contribution < 1.29 is 9.53 Å². The van der Waals surface area contributed by atoms with Crippen LogP contribution in [0.4, 0.5) is 11.4 Å². The van der Waals surface area contributed by atoms with Gasteiger partial charge in [0, 0.05) is 23.5 Å². The summed E-state index contributed by atoms with van der Waals surface area (Å²) in [5, 5.41) is 4.75. The first-order valence-electron chi connectivity index (χ1n) is 9.99. The Kier molecular flexibility index (Phi) is 5.09. The number of fused-ring (bicyclic) bond motifs is 1. The smallest absolute Gasteiger partial charge is 0.276 e. The van der Waals surface area contributed by atoms with Gasteiger partial charge in [0.1, 0.15) is 6.10 Å². The third-order valence-corrected chi connectivity index (χ3v) is 5.48. The molecule has 2 heterocycles. The van der Waals surface area contributed by atoms with Crippen LogP contribution in [0, 0.1) is 5.41 Å². The van der Waals surface area contributed by atoms with E-state index in [1.54, 1.807) is 24.5 Å². The summed E-state index contributed by atoms with van der Waals surface area (Å²) in [6, 6.07) is 11.0. The molecule has 0 spiro atoms. The van der Waals surface area contributed by atoms with Crippen LogP contribution in [-0.4, -0.2) is 22.0 Å². The number of nitrogen functional groups attached to an aromatic ring is 1. The summed E-state index contributed by atoms with van der Waals surface area (Å²) < 4.78 is 6.29. The van der Waals surface area contributed by atoms with Gasteiger partial charge in [-0.1, -0.05) is 13.8 Å². The van der Waals surface area contributed by atoms with Crippen LogP contribution in [0.3, 0.4) is 0 Å². The number of nitrogens with two attached hydrogens (primary N) is 1. The van der Waals surface area contributed by atoms with E-state index < -0.39 is 0 Å². The van der Waals surface area contributed by atoms with E-state index in [9.17, 15) is 4.79 Å². The van der Waals surface area contributed by atoms with Gasteiger partial charge < -0.3 is 15.8 Å². The number of benzene rings is 1. The van der Waals surface area contributed by atoms with Crippen molar-refractivity contribution in [1.29, 1.82) is 0 Å². The first-order valence-corrected chi connectivity index (χ1v) is 9.99. The molecule has 3 N–H and O–H groups in total. The number of aromatic nitrogens is 2. The fraction of sp³-hybridized carbons (Fsp3) is 0.348. The number of amides is 1. The Bertz CT molecular complexity index is 1050. The molecule has 3 aromatic rings. The number of pyridine rings is 2. The molecule has 0 bridgehead atoms. The van der Waals surface area contributed by atoms with Crippen molar-refractivity contribution in [1.82, 2.24) is 9.97 Å². The molecule has 1 aromatic carbocycles. The van der Waals surface area contributed by atoms with Crippen molar-refractivity contribution in [3.05, 3.63) is 54.5 Å². The molecule has 4 rings (SSSR count). The van der Waals surface area contributed by atoms with Gasteiger partial charge in [-0.3, -0.25) is 4.79 Å². The van der Waals surface area contributed by atoms with E-state index >= 15 is 0 Å². The molecule has 150 valence electrons. The Hall–Kier alpha value is -3.15. The highest BCUT2D eigenvalue weighted by molar-refractivity contribution is 6.07. The van der Waals surface area contributed by atoms with Gasteiger partial charge in [-0.05, 0) is 72.9 Å². The standard InChI is InChI=1S/C23H26N4O2/c1-23(2)10-3-5-17(14-23)29-22-18-8-7-16(13-15(18)9-12-26-22)27-21(28)20-19(24)6-4-11-25-20/h4,6-9,11-13,17H,3,5,10,14,24H2,1-2H3,(H,27,28). The second-order valence-corrected chi connectivity index (χ2v) is 8.45. The first-order chi connectivity index (χ1) is 13.9. The summed E-state index contributed by atoms with van der Waals surface area (Å²) in [6.45, 7) is 4.59. The lowest BCUT2D eigenvalue weighted by molar-refractivity contribution is 0.0827. The van der Waals surface area contributed by atoms with E-state index in [-0.39, 0.29) is 17.7 Å². The topological polar surface area (TPSA) is 90.1 Å². The maximum atomic E-state index is 12.5. The third-order valence-electron chi connectivity index (χ3n) is 5.48. The van der Waals surface area contributed by atoms with E-state index in [4.69, 9.17) is 10.5 Å². The molecule has 2 aromatic heterocycles. The number of nitrogens with one attached hydrogen (secondary N) is 1. The van der Waals surface area contributed by atoms with Crippen LogP contribution in [0.1, 0.15) is 50.0 Å². The monoisotopic (exact) mass is 390 g/mol. The van der Waals surface area contributed by atoms with Gasteiger partial charge in [0.2, 0.25) is 5.88 Å². The van der Waals surface area contributed by atoms with Crippen LogP contribution in [0.25, 0.3) is 10.8 Å². The van der Waals surface area contributed by atoms with Crippen LogP contribution in [0.15, 0.2) is 48.8 Å². The molecule has 1 unspecified atom stereocenters. The fourth-order valence-electron chi connectivity index (χ4n) is 4.01. The van der Waals surface area contributed by atoms with Crippen LogP contribution in [-0.2, 0) is 0 Å². The predicted molar refractivity (Wildman–Crippen MR) is 115 cm³/mol. The lowest BCUT2D eigenvalue weighted by Crippen LogP contribution is -2.30. The fourth-order valence-corrected chi connectivity index (χ4v) is 4.01. The molecule has 6 nitrogen and oxygen atoms in total. The molecule has 1 saturated carbocycles. The Balaban J connectivity index is 1.55. The molecule has 1 aliphatic carbocycles. The summed E-state index contributed by atoms with van der Waals surface area (Å²) in [4.78, 5) is 21.0. The van der Waals surface area contributed by atoms with Crippen molar-refractivity contribution >= 4 is 28.1 Å². The normalized spacial score (nSPS) is 18.3. The quantitative estimate of drug-likeness (QED) is 0.667.